The number of esters is 1. The number of hydrogen-bond acceptors (Lipinski definition) is 5. The summed E-state index contributed by atoms with van der Waals surface area (Å²) in [5.74, 6) is 0.241. The van der Waals surface area contributed by atoms with Gasteiger partial charge in [-0.3, -0.25) is 0 Å². The molecule has 1 aliphatic rings. The number of amides is 2. The Morgan fingerprint density at radius 1 is 0.971 bits per heavy atom. The van der Waals surface area contributed by atoms with Crippen molar-refractivity contribution >= 4 is 29.3 Å². The molecule has 0 saturated carbocycles. The van der Waals surface area contributed by atoms with Gasteiger partial charge in [-0.25, -0.2) is 9.59 Å². The van der Waals surface area contributed by atoms with E-state index in [1.54, 1.807) is 36.4 Å². The number of ether oxygens (including phenoxy) is 3. The Morgan fingerprint density at radius 3 is 2.41 bits per heavy atom. The molecular weight excluding hydrogens is 456 g/mol. The number of carbonyl (C=O) groups is 2. The Balaban J connectivity index is 1.84. The van der Waals surface area contributed by atoms with Gasteiger partial charge in [0.25, 0.3) is 0 Å². The van der Waals surface area contributed by atoms with Crippen LogP contribution in [0.5, 0.6) is 11.5 Å². The van der Waals surface area contributed by atoms with E-state index in [9.17, 15) is 9.59 Å². The predicted molar refractivity (Wildman–Crippen MR) is 129 cm³/mol. The van der Waals surface area contributed by atoms with Crippen LogP contribution in [-0.2, 0) is 16.1 Å². The van der Waals surface area contributed by atoms with E-state index >= 15 is 0 Å². The molecule has 0 aromatic heterocycles. The highest BCUT2D eigenvalue weighted by atomic mass is 35.5. The molecule has 1 aliphatic heterocycles. The summed E-state index contributed by atoms with van der Waals surface area (Å²) in [5.41, 5.74) is 2.59. The number of rotatable bonds is 7. The number of hydrogen-bond donors (Lipinski definition) is 2. The summed E-state index contributed by atoms with van der Waals surface area (Å²) in [5, 5.41) is 6.14. The summed E-state index contributed by atoms with van der Waals surface area (Å²) >= 11 is 6.30. The molecule has 174 valence electrons. The molecule has 2 N–H and O–H groups in total. The molecule has 3 aromatic rings. The standard InChI is InChI=1S/C26H23ClN2O5/c1-32-20-14-8-12-18(24(20)34-15-17-11-6-7-13-19(17)27)23-21(25(30)33-2)22(28-26(31)29-23)16-9-4-3-5-10-16/h3-14,23H,15H2,1-2H3,(H2,28,29,31). The zero-order chi connectivity index (χ0) is 24.1. The lowest BCUT2D eigenvalue weighted by Crippen LogP contribution is -2.45. The topological polar surface area (TPSA) is 85.9 Å². The van der Waals surface area contributed by atoms with Gasteiger partial charge in [-0.1, -0.05) is 72.3 Å². The van der Waals surface area contributed by atoms with Crippen LogP contribution in [-0.4, -0.2) is 26.2 Å². The van der Waals surface area contributed by atoms with Gasteiger partial charge in [-0.05, 0) is 17.7 Å². The van der Waals surface area contributed by atoms with Crippen LogP contribution in [0.25, 0.3) is 5.70 Å². The SMILES string of the molecule is COC(=O)C1=C(c2ccccc2)NC(=O)NC1c1cccc(OC)c1OCc1ccccc1Cl. The highest BCUT2D eigenvalue weighted by Crippen LogP contribution is 2.41. The number of methoxy groups -OCH3 is 2. The summed E-state index contributed by atoms with van der Waals surface area (Å²) in [6.45, 7) is 0.161. The molecule has 0 aliphatic carbocycles. The number of para-hydroxylation sites is 1. The molecule has 1 heterocycles. The number of urea groups is 1. The zero-order valence-electron chi connectivity index (χ0n) is 18.6. The van der Waals surface area contributed by atoms with Gasteiger partial charge in [-0.2, -0.15) is 0 Å². The van der Waals surface area contributed by atoms with Crippen LogP contribution in [0, 0.1) is 0 Å². The Kier molecular flexibility index (Phi) is 7.04. The van der Waals surface area contributed by atoms with E-state index in [1.807, 2.05) is 36.4 Å². The maximum absolute atomic E-state index is 13.0. The van der Waals surface area contributed by atoms with E-state index in [-0.39, 0.29) is 12.2 Å². The highest BCUT2D eigenvalue weighted by molar-refractivity contribution is 6.31. The van der Waals surface area contributed by atoms with Crippen LogP contribution in [0.4, 0.5) is 4.79 Å². The molecule has 1 atom stereocenters. The van der Waals surface area contributed by atoms with Gasteiger partial charge >= 0.3 is 12.0 Å². The minimum atomic E-state index is -0.854. The molecule has 34 heavy (non-hydrogen) atoms. The monoisotopic (exact) mass is 478 g/mol. The second-order valence-corrected chi connectivity index (χ2v) is 7.84. The van der Waals surface area contributed by atoms with Crippen LogP contribution in [0.3, 0.4) is 0 Å². The average Bonchev–Trinajstić information content (AvgIpc) is 2.87. The van der Waals surface area contributed by atoms with Crippen molar-refractivity contribution in [2.75, 3.05) is 14.2 Å². The van der Waals surface area contributed by atoms with Crippen molar-refractivity contribution in [3.05, 3.63) is 100 Å². The third-order valence-electron chi connectivity index (χ3n) is 5.41. The van der Waals surface area contributed by atoms with Gasteiger partial charge in [0.15, 0.2) is 11.5 Å². The van der Waals surface area contributed by atoms with E-state index < -0.39 is 18.0 Å². The quantitative estimate of drug-likeness (QED) is 0.473. The van der Waals surface area contributed by atoms with Gasteiger partial charge in [0, 0.05) is 16.1 Å². The predicted octanol–water partition coefficient (Wildman–Crippen LogP) is 4.87. The summed E-state index contributed by atoms with van der Waals surface area (Å²) in [7, 11) is 2.82. The van der Waals surface area contributed by atoms with Crippen molar-refractivity contribution in [2.24, 2.45) is 0 Å². The fourth-order valence-electron chi connectivity index (χ4n) is 3.80. The Morgan fingerprint density at radius 2 is 1.71 bits per heavy atom. The summed E-state index contributed by atoms with van der Waals surface area (Å²) in [6, 6.07) is 20.4. The highest BCUT2D eigenvalue weighted by Gasteiger charge is 2.36. The van der Waals surface area contributed by atoms with Crippen LogP contribution < -0.4 is 20.1 Å². The third kappa shape index (κ3) is 4.70. The van der Waals surface area contributed by atoms with Gasteiger partial charge in [0.1, 0.15) is 6.61 Å². The summed E-state index contributed by atoms with van der Waals surface area (Å²) < 4.78 is 16.8. The molecule has 1 unspecified atom stereocenters. The van der Waals surface area contributed by atoms with E-state index in [1.165, 1.54) is 14.2 Å². The van der Waals surface area contributed by atoms with Crippen LogP contribution in [0.1, 0.15) is 22.7 Å². The van der Waals surface area contributed by atoms with Crippen molar-refractivity contribution in [1.82, 2.24) is 10.6 Å². The minimum Gasteiger partial charge on any atom is -0.493 e. The van der Waals surface area contributed by atoms with Crippen LogP contribution in [0.2, 0.25) is 5.02 Å². The first-order chi connectivity index (χ1) is 16.5. The van der Waals surface area contributed by atoms with E-state index in [2.05, 4.69) is 10.6 Å². The van der Waals surface area contributed by atoms with E-state index in [4.69, 9.17) is 25.8 Å². The molecule has 2 amide bonds. The molecule has 0 radical (unpaired) electrons. The Labute approximate surface area is 202 Å². The van der Waals surface area contributed by atoms with Crippen molar-refractivity contribution in [3.63, 3.8) is 0 Å². The molecule has 0 fully saturated rings. The molecule has 7 nitrogen and oxygen atoms in total. The first kappa shape index (κ1) is 23.2. The van der Waals surface area contributed by atoms with Gasteiger partial charge < -0.3 is 24.8 Å². The van der Waals surface area contributed by atoms with Crippen molar-refractivity contribution in [3.8, 4) is 11.5 Å². The zero-order valence-corrected chi connectivity index (χ0v) is 19.4. The molecule has 0 spiro atoms. The summed E-state index contributed by atoms with van der Waals surface area (Å²) in [4.78, 5) is 25.6. The average molecular weight is 479 g/mol. The second kappa shape index (κ2) is 10.3. The minimum absolute atomic E-state index is 0.161. The molecule has 4 rings (SSSR count). The van der Waals surface area contributed by atoms with Gasteiger partial charge in [0.2, 0.25) is 0 Å². The first-order valence-corrected chi connectivity index (χ1v) is 10.9. The normalized spacial score (nSPS) is 15.3. The van der Waals surface area contributed by atoms with Crippen molar-refractivity contribution < 1.29 is 23.8 Å². The number of benzene rings is 3. The Bertz CT molecular complexity index is 1240. The number of halogens is 1. The third-order valence-corrected chi connectivity index (χ3v) is 5.78. The maximum atomic E-state index is 13.0. The number of nitrogens with one attached hydrogen (secondary N) is 2. The van der Waals surface area contributed by atoms with Crippen molar-refractivity contribution in [2.45, 2.75) is 12.6 Å². The van der Waals surface area contributed by atoms with Gasteiger partial charge in [-0.15, -0.1) is 0 Å². The largest absolute Gasteiger partial charge is 0.493 e. The molecule has 8 heteroatoms. The molecule has 0 saturated heterocycles. The lowest BCUT2D eigenvalue weighted by molar-refractivity contribution is -0.136. The van der Waals surface area contributed by atoms with Crippen LogP contribution in [0.15, 0.2) is 78.4 Å². The lowest BCUT2D eigenvalue weighted by Gasteiger charge is -2.30. The summed E-state index contributed by atoms with van der Waals surface area (Å²) in [6.07, 6.45) is 0. The lowest BCUT2D eigenvalue weighted by atomic mass is 9.92. The molecule has 3 aromatic carbocycles. The Hall–Kier alpha value is -3.97. The van der Waals surface area contributed by atoms with Gasteiger partial charge in [0.05, 0.1) is 31.5 Å². The van der Waals surface area contributed by atoms with Crippen molar-refractivity contribution in [1.29, 1.82) is 0 Å². The molecular formula is C26H23ClN2O5. The fourth-order valence-corrected chi connectivity index (χ4v) is 3.99. The van der Waals surface area contributed by atoms with E-state index in [0.29, 0.717) is 33.3 Å². The van der Waals surface area contributed by atoms with E-state index in [0.717, 1.165) is 5.56 Å². The second-order valence-electron chi connectivity index (χ2n) is 7.44. The fraction of sp³-hybridized carbons (Fsp3) is 0.154. The molecule has 0 bridgehead atoms. The maximum Gasteiger partial charge on any atom is 0.338 e. The first-order valence-electron chi connectivity index (χ1n) is 10.5. The van der Waals surface area contributed by atoms with Crippen LogP contribution >= 0.6 is 11.6 Å². The number of carbonyl (C=O) groups excluding carboxylic acids is 2. The smallest absolute Gasteiger partial charge is 0.338 e.